The van der Waals surface area contributed by atoms with Gasteiger partial charge in [0.15, 0.2) is 5.01 Å². The Bertz CT molecular complexity index is 651. The highest BCUT2D eigenvalue weighted by molar-refractivity contribution is 7.89. The molecule has 0 bridgehead atoms. The molecule has 0 radical (unpaired) electrons. The van der Waals surface area contributed by atoms with E-state index in [1.807, 2.05) is 0 Å². The molecule has 0 aliphatic carbocycles. The van der Waals surface area contributed by atoms with Crippen molar-refractivity contribution in [2.75, 3.05) is 12.3 Å². The predicted octanol–water partition coefficient (Wildman–Crippen LogP) is 1.09. The molecule has 0 fully saturated rings. The Hall–Kier alpha value is -1.51. The SMILES string of the molecule is CCNS(=O)(=O)c1ccccc1-c1nnc(N)s1. The fourth-order valence-electron chi connectivity index (χ4n) is 1.49. The number of nitrogen functional groups attached to an aromatic ring is 1. The smallest absolute Gasteiger partial charge is 0.241 e. The van der Waals surface area contributed by atoms with Gasteiger partial charge in [-0.2, -0.15) is 0 Å². The van der Waals surface area contributed by atoms with Crippen molar-refractivity contribution in [3.8, 4) is 10.6 Å². The van der Waals surface area contributed by atoms with Crippen LogP contribution in [-0.4, -0.2) is 25.2 Å². The van der Waals surface area contributed by atoms with Gasteiger partial charge in [0.1, 0.15) is 0 Å². The summed E-state index contributed by atoms with van der Waals surface area (Å²) in [6, 6.07) is 6.63. The molecule has 1 aromatic carbocycles. The zero-order chi connectivity index (χ0) is 13.2. The lowest BCUT2D eigenvalue weighted by molar-refractivity contribution is 0.584. The molecule has 6 nitrogen and oxygen atoms in total. The van der Waals surface area contributed by atoms with E-state index < -0.39 is 10.0 Å². The van der Waals surface area contributed by atoms with E-state index in [1.54, 1.807) is 25.1 Å². The van der Waals surface area contributed by atoms with Crippen molar-refractivity contribution in [2.45, 2.75) is 11.8 Å². The maximum absolute atomic E-state index is 12.0. The molecule has 18 heavy (non-hydrogen) atoms. The van der Waals surface area contributed by atoms with Gasteiger partial charge in [-0.05, 0) is 6.07 Å². The zero-order valence-corrected chi connectivity index (χ0v) is 11.3. The van der Waals surface area contributed by atoms with Gasteiger partial charge in [-0.25, -0.2) is 13.1 Å². The molecule has 0 aliphatic rings. The summed E-state index contributed by atoms with van der Waals surface area (Å²) in [5.41, 5.74) is 6.02. The summed E-state index contributed by atoms with van der Waals surface area (Å²) in [4.78, 5) is 0.183. The Morgan fingerprint density at radius 2 is 2.06 bits per heavy atom. The van der Waals surface area contributed by atoms with Gasteiger partial charge in [0, 0.05) is 12.1 Å². The van der Waals surface area contributed by atoms with E-state index in [0.717, 1.165) is 11.3 Å². The van der Waals surface area contributed by atoms with Gasteiger partial charge in [-0.1, -0.05) is 36.5 Å². The second kappa shape index (κ2) is 5.01. The van der Waals surface area contributed by atoms with E-state index >= 15 is 0 Å². The molecule has 0 aliphatic heterocycles. The number of sulfonamides is 1. The molecular weight excluding hydrogens is 272 g/mol. The topological polar surface area (TPSA) is 98.0 Å². The van der Waals surface area contributed by atoms with E-state index in [2.05, 4.69) is 14.9 Å². The number of anilines is 1. The van der Waals surface area contributed by atoms with Crippen molar-refractivity contribution in [1.82, 2.24) is 14.9 Å². The van der Waals surface area contributed by atoms with Crippen LogP contribution in [0.15, 0.2) is 29.2 Å². The van der Waals surface area contributed by atoms with E-state index in [-0.39, 0.29) is 4.90 Å². The summed E-state index contributed by atoms with van der Waals surface area (Å²) in [6.45, 7) is 2.05. The van der Waals surface area contributed by atoms with Crippen LogP contribution in [0.2, 0.25) is 0 Å². The van der Waals surface area contributed by atoms with Crippen LogP contribution in [0.3, 0.4) is 0 Å². The molecular formula is C10H12N4O2S2. The molecule has 2 rings (SSSR count). The quantitative estimate of drug-likeness (QED) is 0.875. The molecule has 0 saturated heterocycles. The highest BCUT2D eigenvalue weighted by Gasteiger charge is 2.19. The molecule has 1 heterocycles. The number of hydrogen-bond donors (Lipinski definition) is 2. The average Bonchev–Trinajstić information content (AvgIpc) is 2.76. The van der Waals surface area contributed by atoms with Crippen molar-refractivity contribution < 1.29 is 8.42 Å². The third-order valence-corrected chi connectivity index (χ3v) is 4.57. The van der Waals surface area contributed by atoms with Crippen LogP contribution in [0.5, 0.6) is 0 Å². The lowest BCUT2D eigenvalue weighted by Crippen LogP contribution is -2.23. The molecule has 0 atom stereocenters. The Morgan fingerprint density at radius 3 is 2.67 bits per heavy atom. The largest absolute Gasteiger partial charge is 0.374 e. The first-order valence-corrected chi connectivity index (χ1v) is 7.52. The Balaban J connectivity index is 2.57. The molecule has 0 spiro atoms. The minimum Gasteiger partial charge on any atom is -0.374 e. The third kappa shape index (κ3) is 2.50. The van der Waals surface area contributed by atoms with Crippen LogP contribution in [0.25, 0.3) is 10.6 Å². The molecule has 0 amide bonds. The van der Waals surface area contributed by atoms with Gasteiger partial charge in [0.05, 0.1) is 4.90 Å². The van der Waals surface area contributed by atoms with Gasteiger partial charge in [0.25, 0.3) is 0 Å². The van der Waals surface area contributed by atoms with Gasteiger partial charge in [-0.15, -0.1) is 10.2 Å². The van der Waals surface area contributed by atoms with Crippen molar-refractivity contribution >= 4 is 26.5 Å². The Morgan fingerprint density at radius 1 is 1.33 bits per heavy atom. The van der Waals surface area contributed by atoms with Crippen LogP contribution < -0.4 is 10.5 Å². The van der Waals surface area contributed by atoms with E-state index in [1.165, 1.54) is 6.07 Å². The maximum atomic E-state index is 12.0. The van der Waals surface area contributed by atoms with Gasteiger partial charge in [0.2, 0.25) is 15.2 Å². The normalized spacial score (nSPS) is 11.6. The minimum absolute atomic E-state index is 0.183. The number of hydrogen-bond acceptors (Lipinski definition) is 6. The Kier molecular flexibility index (Phi) is 3.60. The number of aromatic nitrogens is 2. The van der Waals surface area contributed by atoms with Crippen LogP contribution in [0, 0.1) is 0 Å². The molecule has 96 valence electrons. The lowest BCUT2D eigenvalue weighted by atomic mass is 10.2. The van der Waals surface area contributed by atoms with Crippen LogP contribution in [0.1, 0.15) is 6.92 Å². The average molecular weight is 284 g/mol. The molecule has 8 heteroatoms. The third-order valence-electron chi connectivity index (χ3n) is 2.18. The molecule has 1 aromatic heterocycles. The fraction of sp³-hybridized carbons (Fsp3) is 0.200. The zero-order valence-electron chi connectivity index (χ0n) is 9.62. The maximum Gasteiger partial charge on any atom is 0.241 e. The summed E-state index contributed by atoms with van der Waals surface area (Å²) in [5.74, 6) is 0. The van der Waals surface area contributed by atoms with E-state index in [0.29, 0.717) is 22.2 Å². The van der Waals surface area contributed by atoms with Gasteiger partial charge >= 0.3 is 0 Å². The first-order valence-electron chi connectivity index (χ1n) is 5.22. The first-order chi connectivity index (χ1) is 8.54. The van der Waals surface area contributed by atoms with Crippen molar-refractivity contribution in [1.29, 1.82) is 0 Å². The lowest BCUT2D eigenvalue weighted by Gasteiger charge is -2.07. The number of nitrogens with zero attached hydrogens (tertiary/aromatic N) is 2. The molecule has 2 aromatic rings. The fourth-order valence-corrected chi connectivity index (χ4v) is 3.45. The number of nitrogens with one attached hydrogen (secondary N) is 1. The summed E-state index contributed by atoms with van der Waals surface area (Å²) < 4.78 is 26.5. The molecule has 3 N–H and O–H groups in total. The van der Waals surface area contributed by atoms with E-state index in [4.69, 9.17) is 5.73 Å². The van der Waals surface area contributed by atoms with Crippen molar-refractivity contribution in [3.05, 3.63) is 24.3 Å². The van der Waals surface area contributed by atoms with Crippen LogP contribution in [-0.2, 0) is 10.0 Å². The van der Waals surface area contributed by atoms with E-state index in [9.17, 15) is 8.42 Å². The van der Waals surface area contributed by atoms with Crippen LogP contribution >= 0.6 is 11.3 Å². The highest BCUT2D eigenvalue weighted by Crippen LogP contribution is 2.30. The van der Waals surface area contributed by atoms with Gasteiger partial charge < -0.3 is 5.73 Å². The molecule has 0 saturated carbocycles. The van der Waals surface area contributed by atoms with Crippen molar-refractivity contribution in [2.24, 2.45) is 0 Å². The minimum atomic E-state index is -3.53. The van der Waals surface area contributed by atoms with Crippen LogP contribution in [0.4, 0.5) is 5.13 Å². The van der Waals surface area contributed by atoms with Crippen molar-refractivity contribution in [3.63, 3.8) is 0 Å². The highest BCUT2D eigenvalue weighted by atomic mass is 32.2. The summed E-state index contributed by atoms with van der Waals surface area (Å²) in [7, 11) is -3.53. The number of nitrogens with two attached hydrogens (primary N) is 1. The Labute approximate surface area is 109 Å². The standard InChI is InChI=1S/C10H12N4O2S2/c1-2-12-18(15,16)8-6-4-3-5-7(8)9-13-14-10(11)17-9/h3-6,12H,2H2,1H3,(H2,11,14). The second-order valence-corrected chi connectivity index (χ2v) is 6.19. The number of rotatable bonds is 4. The molecule has 0 unspecified atom stereocenters. The summed E-state index contributed by atoms with van der Waals surface area (Å²) >= 11 is 1.15. The second-order valence-electron chi connectivity index (χ2n) is 3.44. The number of benzene rings is 1. The predicted molar refractivity (Wildman–Crippen MR) is 70.6 cm³/mol. The summed E-state index contributed by atoms with van der Waals surface area (Å²) in [6.07, 6.45) is 0. The monoisotopic (exact) mass is 284 g/mol. The first kappa shape index (κ1) is 12.9. The van der Waals surface area contributed by atoms with Gasteiger partial charge in [-0.3, -0.25) is 0 Å². The summed E-state index contributed by atoms with van der Waals surface area (Å²) in [5, 5.41) is 8.36.